The lowest BCUT2D eigenvalue weighted by molar-refractivity contribution is -0.0225. The van der Waals surface area contributed by atoms with Crippen molar-refractivity contribution >= 4 is 11.6 Å². The lowest BCUT2D eigenvalue weighted by atomic mass is 10.0. The Balaban J connectivity index is 2.22. The maximum Gasteiger partial charge on any atom is 0.107 e. The topological polar surface area (TPSA) is 49.7 Å². The molecule has 16 heavy (non-hydrogen) atoms. The fourth-order valence-corrected chi connectivity index (χ4v) is 2.24. The van der Waals surface area contributed by atoms with Crippen molar-refractivity contribution in [2.75, 3.05) is 6.61 Å². The normalized spacial score (nSPS) is 29.6. The largest absolute Gasteiger partial charge is 0.394 e. The van der Waals surface area contributed by atoms with E-state index in [2.05, 4.69) is 0 Å². The first-order valence-electron chi connectivity index (χ1n) is 5.32. The van der Waals surface area contributed by atoms with Crippen LogP contribution in [0.25, 0.3) is 0 Å². The molecule has 1 aliphatic heterocycles. The number of aliphatic hydroxyl groups excluding tert-OH is 2. The molecule has 0 spiro atoms. The molecule has 2 rings (SSSR count). The molecule has 3 nitrogen and oxygen atoms in total. The molecule has 2 N–H and O–H groups in total. The van der Waals surface area contributed by atoms with Gasteiger partial charge in [0.05, 0.1) is 18.8 Å². The van der Waals surface area contributed by atoms with Crippen LogP contribution in [0.1, 0.15) is 23.7 Å². The van der Waals surface area contributed by atoms with Gasteiger partial charge in [-0.2, -0.15) is 0 Å². The predicted molar refractivity (Wildman–Crippen MR) is 61.5 cm³/mol. The van der Waals surface area contributed by atoms with E-state index in [4.69, 9.17) is 21.4 Å². The summed E-state index contributed by atoms with van der Waals surface area (Å²) in [6.45, 7) is 1.82. The average molecular weight is 243 g/mol. The van der Waals surface area contributed by atoms with Crippen molar-refractivity contribution in [2.24, 2.45) is 0 Å². The second-order valence-electron chi connectivity index (χ2n) is 4.17. The Hall–Kier alpha value is -0.610. The van der Waals surface area contributed by atoms with Gasteiger partial charge in [0.1, 0.15) is 6.10 Å². The molecule has 1 aromatic rings. The van der Waals surface area contributed by atoms with Gasteiger partial charge in [-0.25, -0.2) is 0 Å². The molecule has 0 saturated carbocycles. The second-order valence-corrected chi connectivity index (χ2v) is 4.58. The van der Waals surface area contributed by atoms with Crippen molar-refractivity contribution in [1.82, 2.24) is 0 Å². The zero-order valence-electron chi connectivity index (χ0n) is 9.06. The summed E-state index contributed by atoms with van der Waals surface area (Å²) in [4.78, 5) is 0. The van der Waals surface area contributed by atoms with Gasteiger partial charge in [-0.1, -0.05) is 29.3 Å². The molecule has 1 unspecified atom stereocenters. The molecule has 3 atom stereocenters. The van der Waals surface area contributed by atoms with Crippen molar-refractivity contribution in [3.63, 3.8) is 0 Å². The number of hydrogen-bond donors (Lipinski definition) is 2. The fraction of sp³-hybridized carbons (Fsp3) is 0.500. The molecule has 0 aliphatic carbocycles. The molecule has 1 aromatic carbocycles. The van der Waals surface area contributed by atoms with Crippen molar-refractivity contribution in [1.29, 1.82) is 0 Å². The summed E-state index contributed by atoms with van der Waals surface area (Å²) in [5.41, 5.74) is 1.99. The van der Waals surface area contributed by atoms with Gasteiger partial charge in [-0.05, 0) is 18.6 Å². The van der Waals surface area contributed by atoms with Gasteiger partial charge < -0.3 is 14.9 Å². The van der Waals surface area contributed by atoms with Gasteiger partial charge in [0.15, 0.2) is 0 Å². The minimum Gasteiger partial charge on any atom is -0.394 e. The Morgan fingerprint density at radius 1 is 1.50 bits per heavy atom. The standard InChI is InChI=1S/C12H15ClO3/c1-7-2-3-9(13)8(4-7)11-5-10(15)12(6-14)16-11/h2-4,10-12,14-15H,5-6H2,1H3/t10?,11-,12-/m1/s1. The number of aliphatic hydroxyl groups is 2. The Kier molecular flexibility index (Phi) is 3.50. The highest BCUT2D eigenvalue weighted by Gasteiger charge is 2.35. The summed E-state index contributed by atoms with van der Waals surface area (Å²) in [6.07, 6.45) is -0.860. The van der Waals surface area contributed by atoms with Crippen LogP contribution in [0.3, 0.4) is 0 Å². The van der Waals surface area contributed by atoms with Gasteiger partial charge in [-0.3, -0.25) is 0 Å². The predicted octanol–water partition coefficient (Wildman–Crippen LogP) is 1.83. The van der Waals surface area contributed by atoms with E-state index >= 15 is 0 Å². The van der Waals surface area contributed by atoms with E-state index in [9.17, 15) is 5.11 Å². The highest BCUT2D eigenvalue weighted by molar-refractivity contribution is 6.31. The number of aryl methyl sites for hydroxylation is 1. The van der Waals surface area contributed by atoms with Crippen LogP contribution in [-0.2, 0) is 4.74 Å². The molecule has 0 bridgehead atoms. The Morgan fingerprint density at radius 3 is 2.88 bits per heavy atom. The first kappa shape index (κ1) is 11.9. The van der Waals surface area contributed by atoms with E-state index < -0.39 is 12.2 Å². The van der Waals surface area contributed by atoms with E-state index in [-0.39, 0.29) is 12.7 Å². The van der Waals surface area contributed by atoms with E-state index in [1.807, 2.05) is 25.1 Å². The highest BCUT2D eigenvalue weighted by Crippen LogP contribution is 2.36. The summed E-state index contributed by atoms with van der Waals surface area (Å²) < 4.78 is 5.56. The van der Waals surface area contributed by atoms with Crippen LogP contribution in [0, 0.1) is 6.92 Å². The molecule has 0 radical (unpaired) electrons. The Labute approximate surface area is 99.6 Å². The van der Waals surface area contributed by atoms with E-state index in [0.717, 1.165) is 11.1 Å². The zero-order valence-corrected chi connectivity index (χ0v) is 9.81. The Bertz CT molecular complexity index is 381. The van der Waals surface area contributed by atoms with E-state index in [1.54, 1.807) is 0 Å². The maximum atomic E-state index is 9.65. The number of halogens is 1. The number of rotatable bonds is 2. The molecular weight excluding hydrogens is 228 g/mol. The monoisotopic (exact) mass is 242 g/mol. The van der Waals surface area contributed by atoms with E-state index in [0.29, 0.717) is 11.4 Å². The van der Waals surface area contributed by atoms with E-state index in [1.165, 1.54) is 0 Å². The molecule has 1 saturated heterocycles. The van der Waals surface area contributed by atoms with Crippen LogP contribution in [-0.4, -0.2) is 29.0 Å². The first-order chi connectivity index (χ1) is 7.61. The summed E-state index contributed by atoms with van der Waals surface area (Å²) in [5, 5.41) is 19.3. The third-order valence-corrected chi connectivity index (χ3v) is 3.25. The molecule has 88 valence electrons. The van der Waals surface area contributed by atoms with Crippen LogP contribution >= 0.6 is 11.6 Å². The number of benzene rings is 1. The van der Waals surface area contributed by atoms with Crippen molar-refractivity contribution in [3.05, 3.63) is 34.3 Å². The van der Waals surface area contributed by atoms with Crippen LogP contribution in [0.4, 0.5) is 0 Å². The number of hydrogen-bond acceptors (Lipinski definition) is 3. The third kappa shape index (κ3) is 2.23. The zero-order chi connectivity index (χ0) is 11.7. The SMILES string of the molecule is Cc1ccc(Cl)c([C@H]2CC(O)[C@@H](CO)O2)c1. The van der Waals surface area contributed by atoms with Crippen LogP contribution < -0.4 is 0 Å². The molecule has 4 heteroatoms. The molecule has 0 amide bonds. The van der Waals surface area contributed by atoms with Crippen molar-refractivity contribution in [2.45, 2.75) is 31.7 Å². The highest BCUT2D eigenvalue weighted by atomic mass is 35.5. The summed E-state index contributed by atoms with van der Waals surface area (Å²) in [6, 6.07) is 5.72. The molecule has 1 aliphatic rings. The van der Waals surface area contributed by atoms with Gasteiger partial charge in [0, 0.05) is 11.4 Å². The third-order valence-electron chi connectivity index (χ3n) is 2.90. The molecule has 0 aromatic heterocycles. The summed E-state index contributed by atoms with van der Waals surface area (Å²) in [5.74, 6) is 0. The minimum atomic E-state index is -0.619. The van der Waals surface area contributed by atoms with Gasteiger partial charge in [0.25, 0.3) is 0 Å². The van der Waals surface area contributed by atoms with Crippen LogP contribution in [0.2, 0.25) is 5.02 Å². The number of ether oxygens (including phenoxy) is 1. The summed E-state index contributed by atoms with van der Waals surface area (Å²) in [7, 11) is 0. The first-order valence-corrected chi connectivity index (χ1v) is 5.70. The lowest BCUT2D eigenvalue weighted by Crippen LogP contribution is -2.24. The maximum absolute atomic E-state index is 9.65. The van der Waals surface area contributed by atoms with Crippen LogP contribution in [0.5, 0.6) is 0 Å². The van der Waals surface area contributed by atoms with Gasteiger partial charge in [0.2, 0.25) is 0 Å². The molecule has 1 fully saturated rings. The van der Waals surface area contributed by atoms with Crippen molar-refractivity contribution < 1.29 is 14.9 Å². The van der Waals surface area contributed by atoms with Gasteiger partial charge in [-0.15, -0.1) is 0 Å². The Morgan fingerprint density at radius 2 is 2.25 bits per heavy atom. The quantitative estimate of drug-likeness (QED) is 0.832. The van der Waals surface area contributed by atoms with Gasteiger partial charge >= 0.3 is 0 Å². The second kappa shape index (κ2) is 4.72. The molecule has 1 heterocycles. The fourth-order valence-electron chi connectivity index (χ4n) is 2.00. The van der Waals surface area contributed by atoms with Crippen molar-refractivity contribution in [3.8, 4) is 0 Å². The average Bonchev–Trinajstić information content (AvgIpc) is 2.63. The summed E-state index contributed by atoms with van der Waals surface area (Å²) >= 11 is 6.09. The lowest BCUT2D eigenvalue weighted by Gasteiger charge is -2.14. The molecular formula is C12H15ClO3. The van der Waals surface area contributed by atoms with Crippen LogP contribution in [0.15, 0.2) is 18.2 Å². The minimum absolute atomic E-state index is 0.166. The smallest absolute Gasteiger partial charge is 0.107 e.